The van der Waals surface area contributed by atoms with E-state index in [0.29, 0.717) is 6.04 Å². The molecule has 0 radical (unpaired) electrons. The number of hydrogen-bond donors (Lipinski definition) is 1. The van der Waals surface area contributed by atoms with E-state index in [1.165, 1.54) is 18.5 Å². The highest BCUT2D eigenvalue weighted by Crippen LogP contribution is 2.10. The molecule has 1 fully saturated rings. The van der Waals surface area contributed by atoms with Gasteiger partial charge >= 0.3 is 0 Å². The third-order valence-corrected chi connectivity index (χ3v) is 3.40. The maximum absolute atomic E-state index is 5.32. The second-order valence-corrected chi connectivity index (χ2v) is 4.58. The number of aryl methyl sites for hydroxylation is 1. The molecule has 0 bridgehead atoms. The zero-order valence-electron chi connectivity index (χ0n) is 10.4. The van der Waals surface area contributed by atoms with E-state index in [9.17, 15) is 0 Å². The Bertz CT molecular complexity index is 382. The van der Waals surface area contributed by atoms with Crippen molar-refractivity contribution in [3.63, 3.8) is 0 Å². The molecule has 0 saturated carbocycles. The molecule has 92 valence electrons. The molecule has 0 unspecified atom stereocenters. The monoisotopic (exact) mass is 232 g/mol. The zero-order chi connectivity index (χ0) is 12.1. The van der Waals surface area contributed by atoms with E-state index in [1.807, 2.05) is 17.9 Å². The van der Waals surface area contributed by atoms with E-state index in [-0.39, 0.29) is 0 Å². The topological polar surface area (TPSA) is 33.1 Å². The Labute approximate surface area is 103 Å². The van der Waals surface area contributed by atoms with E-state index >= 15 is 0 Å². The van der Waals surface area contributed by atoms with E-state index in [2.05, 4.69) is 27.3 Å². The molecule has 0 spiro atoms. The number of rotatable bonds is 4. The fraction of sp³-hybridized carbons (Fsp3) is 0.615. The Balaban J connectivity index is 1.72. The predicted octanol–water partition coefficient (Wildman–Crippen LogP) is 0.607. The number of hydrogen-bond acceptors (Lipinski definition) is 3. The summed E-state index contributed by atoms with van der Waals surface area (Å²) in [6.45, 7) is 3.89. The summed E-state index contributed by atoms with van der Waals surface area (Å²) in [5.74, 6) is 2.71. The molecular weight excluding hydrogens is 212 g/mol. The molecule has 0 aromatic carbocycles. The molecule has 1 N–H and O–H groups in total. The largest absolute Gasteiger partial charge is 0.308 e. The highest BCUT2D eigenvalue weighted by atomic mass is 15.3. The fourth-order valence-electron chi connectivity index (χ4n) is 2.25. The van der Waals surface area contributed by atoms with Gasteiger partial charge in [-0.25, -0.2) is 0 Å². The lowest BCUT2D eigenvalue weighted by Gasteiger charge is -2.31. The molecule has 1 aromatic rings. The minimum Gasteiger partial charge on any atom is -0.308 e. The van der Waals surface area contributed by atoms with Crippen LogP contribution in [0.1, 0.15) is 18.5 Å². The summed E-state index contributed by atoms with van der Waals surface area (Å²) in [7, 11) is 1.98. The van der Waals surface area contributed by atoms with Crippen molar-refractivity contribution in [3.8, 4) is 12.3 Å². The van der Waals surface area contributed by atoms with Crippen molar-refractivity contribution in [3.05, 3.63) is 18.0 Å². The van der Waals surface area contributed by atoms with Gasteiger partial charge in [0, 0.05) is 38.9 Å². The molecule has 2 rings (SSSR count). The summed E-state index contributed by atoms with van der Waals surface area (Å²) >= 11 is 0. The Hall–Kier alpha value is -1.31. The Morgan fingerprint density at radius 1 is 1.53 bits per heavy atom. The lowest BCUT2D eigenvalue weighted by atomic mass is 10.1. The van der Waals surface area contributed by atoms with Crippen molar-refractivity contribution in [1.82, 2.24) is 20.0 Å². The number of nitrogens with zero attached hydrogens (tertiary/aromatic N) is 3. The van der Waals surface area contributed by atoms with Gasteiger partial charge < -0.3 is 5.32 Å². The Morgan fingerprint density at radius 3 is 2.88 bits per heavy atom. The van der Waals surface area contributed by atoms with Crippen molar-refractivity contribution in [2.24, 2.45) is 7.05 Å². The second-order valence-electron chi connectivity index (χ2n) is 4.58. The molecule has 4 nitrogen and oxygen atoms in total. The van der Waals surface area contributed by atoms with Crippen LogP contribution in [0.5, 0.6) is 0 Å². The van der Waals surface area contributed by atoms with Gasteiger partial charge in [0.2, 0.25) is 0 Å². The summed E-state index contributed by atoms with van der Waals surface area (Å²) < 4.78 is 1.92. The SMILES string of the molecule is C#CCN1CCC(NCc2ccnn2C)CC1. The van der Waals surface area contributed by atoms with Gasteiger partial charge in [-0.3, -0.25) is 9.58 Å². The van der Waals surface area contributed by atoms with Gasteiger partial charge in [-0.1, -0.05) is 5.92 Å². The van der Waals surface area contributed by atoms with Gasteiger partial charge in [0.05, 0.1) is 12.2 Å². The first-order chi connectivity index (χ1) is 8.29. The van der Waals surface area contributed by atoms with Crippen LogP contribution in [0.3, 0.4) is 0 Å². The minimum atomic E-state index is 0.610. The molecule has 0 amide bonds. The van der Waals surface area contributed by atoms with E-state index < -0.39 is 0 Å². The van der Waals surface area contributed by atoms with Crippen LogP contribution in [-0.2, 0) is 13.6 Å². The Morgan fingerprint density at radius 2 is 2.29 bits per heavy atom. The number of nitrogens with one attached hydrogen (secondary N) is 1. The average Bonchev–Trinajstić information content (AvgIpc) is 2.75. The summed E-state index contributed by atoms with van der Waals surface area (Å²) in [6, 6.07) is 2.67. The van der Waals surface area contributed by atoms with Gasteiger partial charge in [-0.05, 0) is 18.9 Å². The maximum atomic E-state index is 5.32. The first-order valence-corrected chi connectivity index (χ1v) is 6.15. The Kier molecular flexibility index (Phi) is 4.18. The smallest absolute Gasteiger partial charge is 0.0598 e. The third-order valence-electron chi connectivity index (χ3n) is 3.40. The molecular formula is C13H20N4. The number of terminal acetylenes is 1. The van der Waals surface area contributed by atoms with Crippen molar-refractivity contribution in [1.29, 1.82) is 0 Å². The van der Waals surface area contributed by atoms with Crippen LogP contribution < -0.4 is 5.32 Å². The lowest BCUT2D eigenvalue weighted by molar-refractivity contribution is 0.217. The highest BCUT2D eigenvalue weighted by Gasteiger charge is 2.17. The van der Waals surface area contributed by atoms with Crippen LogP contribution in [0, 0.1) is 12.3 Å². The zero-order valence-corrected chi connectivity index (χ0v) is 10.4. The van der Waals surface area contributed by atoms with Gasteiger partial charge in [0.25, 0.3) is 0 Å². The van der Waals surface area contributed by atoms with Crippen LogP contribution >= 0.6 is 0 Å². The molecule has 0 atom stereocenters. The summed E-state index contributed by atoms with van der Waals surface area (Å²) in [6.07, 6.45) is 9.52. The molecule has 2 heterocycles. The molecule has 1 aliphatic rings. The van der Waals surface area contributed by atoms with E-state index in [4.69, 9.17) is 6.42 Å². The van der Waals surface area contributed by atoms with E-state index in [0.717, 1.165) is 26.2 Å². The first kappa shape index (κ1) is 12.2. The number of likely N-dealkylation sites (tertiary alicyclic amines) is 1. The lowest BCUT2D eigenvalue weighted by Crippen LogP contribution is -2.42. The van der Waals surface area contributed by atoms with Gasteiger partial charge in [-0.2, -0.15) is 5.10 Å². The quantitative estimate of drug-likeness (QED) is 0.772. The number of piperidine rings is 1. The second kappa shape index (κ2) is 5.85. The summed E-state index contributed by atoms with van der Waals surface area (Å²) in [5, 5.41) is 7.75. The summed E-state index contributed by atoms with van der Waals surface area (Å²) in [5.41, 5.74) is 1.23. The van der Waals surface area contributed by atoms with Crippen molar-refractivity contribution in [2.45, 2.75) is 25.4 Å². The van der Waals surface area contributed by atoms with Crippen LogP contribution in [-0.4, -0.2) is 40.4 Å². The normalized spacial score (nSPS) is 18.1. The van der Waals surface area contributed by atoms with Crippen molar-refractivity contribution in [2.75, 3.05) is 19.6 Å². The fourth-order valence-corrected chi connectivity index (χ4v) is 2.25. The highest BCUT2D eigenvalue weighted by molar-refractivity contribution is 5.00. The number of aromatic nitrogens is 2. The first-order valence-electron chi connectivity index (χ1n) is 6.15. The van der Waals surface area contributed by atoms with Crippen LogP contribution in [0.15, 0.2) is 12.3 Å². The standard InChI is InChI=1S/C13H20N4/c1-3-8-17-9-5-12(6-10-17)14-11-13-4-7-15-16(13)2/h1,4,7,12,14H,5-6,8-11H2,2H3. The molecule has 0 aliphatic carbocycles. The maximum Gasteiger partial charge on any atom is 0.0598 e. The van der Waals surface area contributed by atoms with Crippen LogP contribution in [0.2, 0.25) is 0 Å². The minimum absolute atomic E-state index is 0.610. The molecule has 1 aliphatic heterocycles. The third kappa shape index (κ3) is 3.32. The van der Waals surface area contributed by atoms with Crippen LogP contribution in [0.4, 0.5) is 0 Å². The van der Waals surface area contributed by atoms with Crippen LogP contribution in [0.25, 0.3) is 0 Å². The molecule has 17 heavy (non-hydrogen) atoms. The van der Waals surface area contributed by atoms with Crippen molar-refractivity contribution >= 4 is 0 Å². The molecule has 1 saturated heterocycles. The van der Waals surface area contributed by atoms with E-state index in [1.54, 1.807) is 0 Å². The molecule has 1 aromatic heterocycles. The summed E-state index contributed by atoms with van der Waals surface area (Å²) in [4.78, 5) is 2.34. The molecule has 4 heteroatoms. The van der Waals surface area contributed by atoms with Gasteiger partial charge in [0.15, 0.2) is 0 Å². The van der Waals surface area contributed by atoms with Crippen molar-refractivity contribution < 1.29 is 0 Å². The van der Waals surface area contributed by atoms with Gasteiger partial charge in [-0.15, -0.1) is 6.42 Å². The average molecular weight is 232 g/mol. The predicted molar refractivity (Wildman–Crippen MR) is 68.3 cm³/mol. The van der Waals surface area contributed by atoms with Gasteiger partial charge in [0.1, 0.15) is 0 Å².